The lowest BCUT2D eigenvalue weighted by Crippen LogP contribution is -2.47. The third-order valence-corrected chi connectivity index (χ3v) is 10.2. The molecule has 4 heterocycles. The first-order chi connectivity index (χ1) is 19.1. The van der Waals surface area contributed by atoms with E-state index >= 15 is 0 Å². The van der Waals surface area contributed by atoms with Crippen LogP contribution in [0.4, 0.5) is 11.4 Å². The second-order valence-electron chi connectivity index (χ2n) is 10.5. The SMILES string of the molecule is Cc1[nH]c(C=C2C(=O)Nc3ccc(S(=O)(=O)N4CCc5c(Cl)cccc54)cc32)c(C)c1C(=O)N1CCN(C)CC1. The molecular formula is C29H30ClN5O4S. The van der Waals surface area contributed by atoms with Crippen molar-refractivity contribution in [2.45, 2.75) is 25.2 Å². The molecule has 0 atom stereocenters. The van der Waals surface area contributed by atoms with Gasteiger partial charge in [0.05, 0.1) is 21.7 Å². The summed E-state index contributed by atoms with van der Waals surface area (Å²) in [4.78, 5) is 33.8. The van der Waals surface area contributed by atoms with E-state index < -0.39 is 10.0 Å². The number of H-pyrrole nitrogens is 1. The molecule has 1 fully saturated rings. The molecule has 9 nitrogen and oxygen atoms in total. The number of benzene rings is 2. The van der Waals surface area contributed by atoms with E-state index in [1.54, 1.807) is 36.4 Å². The van der Waals surface area contributed by atoms with Gasteiger partial charge in [-0.3, -0.25) is 13.9 Å². The number of carbonyl (C=O) groups is 2. The molecule has 3 aliphatic rings. The number of aromatic nitrogens is 1. The Hall–Kier alpha value is -3.60. The molecule has 208 valence electrons. The summed E-state index contributed by atoms with van der Waals surface area (Å²) in [5, 5.41) is 3.38. The number of aryl methyl sites for hydroxylation is 1. The van der Waals surface area contributed by atoms with Gasteiger partial charge in [-0.05, 0) is 74.9 Å². The minimum atomic E-state index is -3.90. The molecule has 40 heavy (non-hydrogen) atoms. The van der Waals surface area contributed by atoms with Crippen LogP contribution in [0.15, 0.2) is 41.3 Å². The van der Waals surface area contributed by atoms with E-state index in [-0.39, 0.29) is 16.7 Å². The molecule has 1 aromatic heterocycles. The highest BCUT2D eigenvalue weighted by molar-refractivity contribution is 7.92. The Bertz CT molecular complexity index is 1700. The average molecular weight is 580 g/mol. The zero-order chi connectivity index (χ0) is 28.3. The van der Waals surface area contributed by atoms with Gasteiger partial charge in [-0.2, -0.15) is 0 Å². The Morgan fingerprint density at radius 3 is 2.55 bits per heavy atom. The van der Waals surface area contributed by atoms with Crippen LogP contribution in [-0.2, 0) is 21.2 Å². The zero-order valence-electron chi connectivity index (χ0n) is 22.5. The first kappa shape index (κ1) is 26.6. The number of aromatic amines is 1. The minimum Gasteiger partial charge on any atom is -0.358 e. The van der Waals surface area contributed by atoms with Crippen LogP contribution in [0.2, 0.25) is 5.02 Å². The standard InChI is InChI=1S/C29H30ClN5O4S/c1-17-25(31-18(2)27(17)29(37)34-13-11-33(3)12-14-34)16-22-21-15-19(7-8-24(21)32-28(22)36)40(38,39)35-10-9-20-23(30)5-4-6-26(20)35/h4-8,15-16,31H,9-14H2,1-3H3,(H,32,36). The summed E-state index contributed by atoms with van der Waals surface area (Å²) in [6.07, 6.45) is 2.23. The molecule has 0 bridgehead atoms. The van der Waals surface area contributed by atoms with Gasteiger partial charge in [0.1, 0.15) is 0 Å². The summed E-state index contributed by atoms with van der Waals surface area (Å²) in [5.74, 6) is -0.360. The molecule has 2 aromatic carbocycles. The van der Waals surface area contributed by atoms with E-state index in [1.807, 2.05) is 25.8 Å². The van der Waals surface area contributed by atoms with Crippen molar-refractivity contribution >= 4 is 56.5 Å². The topological polar surface area (TPSA) is 106 Å². The van der Waals surface area contributed by atoms with Crippen molar-refractivity contribution in [1.29, 1.82) is 0 Å². The van der Waals surface area contributed by atoms with E-state index in [0.717, 1.165) is 29.9 Å². The Kier molecular flexibility index (Phi) is 6.52. The number of hydrogen-bond donors (Lipinski definition) is 2. The highest BCUT2D eigenvalue weighted by Crippen LogP contribution is 2.40. The maximum Gasteiger partial charge on any atom is 0.264 e. The molecule has 0 spiro atoms. The van der Waals surface area contributed by atoms with Crippen LogP contribution in [0.25, 0.3) is 11.6 Å². The lowest BCUT2D eigenvalue weighted by Gasteiger charge is -2.32. The highest BCUT2D eigenvalue weighted by atomic mass is 35.5. The molecule has 3 aromatic rings. The van der Waals surface area contributed by atoms with Crippen molar-refractivity contribution in [2.24, 2.45) is 0 Å². The van der Waals surface area contributed by atoms with Gasteiger partial charge in [0, 0.05) is 60.4 Å². The van der Waals surface area contributed by atoms with Crippen LogP contribution >= 0.6 is 11.6 Å². The van der Waals surface area contributed by atoms with E-state index in [0.29, 0.717) is 64.8 Å². The van der Waals surface area contributed by atoms with Gasteiger partial charge in [0.2, 0.25) is 0 Å². The van der Waals surface area contributed by atoms with Crippen molar-refractivity contribution < 1.29 is 18.0 Å². The third-order valence-electron chi connectivity index (χ3n) is 8.06. The number of nitrogens with zero attached hydrogens (tertiary/aromatic N) is 3. The molecule has 6 rings (SSSR count). The van der Waals surface area contributed by atoms with Crippen LogP contribution in [0, 0.1) is 13.8 Å². The number of piperazine rings is 1. The van der Waals surface area contributed by atoms with Crippen molar-refractivity contribution in [3.8, 4) is 0 Å². The van der Waals surface area contributed by atoms with E-state index in [2.05, 4.69) is 15.2 Å². The average Bonchev–Trinajstić information content (AvgIpc) is 3.58. The van der Waals surface area contributed by atoms with Gasteiger partial charge >= 0.3 is 0 Å². The molecule has 0 radical (unpaired) electrons. The molecule has 2 amide bonds. The molecular weight excluding hydrogens is 550 g/mol. The quantitative estimate of drug-likeness (QED) is 0.456. The number of halogens is 1. The van der Waals surface area contributed by atoms with Gasteiger partial charge in [-0.25, -0.2) is 8.42 Å². The van der Waals surface area contributed by atoms with Gasteiger partial charge < -0.3 is 20.1 Å². The fraction of sp³-hybridized carbons (Fsp3) is 0.310. The number of sulfonamides is 1. The number of fused-ring (bicyclic) bond motifs is 2. The van der Waals surface area contributed by atoms with Crippen molar-refractivity contribution in [3.05, 3.63) is 75.1 Å². The first-order valence-electron chi connectivity index (χ1n) is 13.2. The Morgan fingerprint density at radius 2 is 1.80 bits per heavy atom. The second kappa shape index (κ2) is 9.79. The summed E-state index contributed by atoms with van der Waals surface area (Å²) < 4.78 is 28.8. The fourth-order valence-electron chi connectivity index (χ4n) is 5.76. The summed E-state index contributed by atoms with van der Waals surface area (Å²) >= 11 is 6.31. The highest BCUT2D eigenvalue weighted by Gasteiger charge is 2.34. The monoisotopic (exact) mass is 579 g/mol. The summed E-state index contributed by atoms with van der Waals surface area (Å²) in [6, 6.07) is 9.92. The Morgan fingerprint density at radius 1 is 1.05 bits per heavy atom. The second-order valence-corrected chi connectivity index (χ2v) is 12.8. The lowest BCUT2D eigenvalue weighted by atomic mass is 10.0. The summed E-state index contributed by atoms with van der Waals surface area (Å²) in [6.45, 7) is 6.99. The van der Waals surface area contributed by atoms with Crippen LogP contribution in [0.5, 0.6) is 0 Å². The number of carbonyl (C=O) groups excluding carboxylic acids is 2. The molecule has 1 saturated heterocycles. The minimum absolute atomic E-state index is 0.0281. The Labute approximate surface area is 238 Å². The molecule has 0 aliphatic carbocycles. The van der Waals surface area contributed by atoms with E-state index in [9.17, 15) is 18.0 Å². The van der Waals surface area contributed by atoms with Crippen molar-refractivity contribution in [2.75, 3.05) is 49.4 Å². The van der Waals surface area contributed by atoms with Crippen LogP contribution < -0.4 is 9.62 Å². The summed E-state index contributed by atoms with van der Waals surface area (Å²) in [7, 11) is -1.85. The first-order valence-corrected chi connectivity index (χ1v) is 15.0. The normalized spacial score (nSPS) is 18.3. The number of rotatable bonds is 4. The molecule has 0 unspecified atom stereocenters. The number of hydrogen-bond acceptors (Lipinski definition) is 5. The smallest absolute Gasteiger partial charge is 0.264 e. The summed E-state index contributed by atoms with van der Waals surface area (Å²) in [5.41, 5.74) is 5.49. The van der Waals surface area contributed by atoms with Crippen LogP contribution in [0.1, 0.15) is 38.4 Å². The van der Waals surface area contributed by atoms with Crippen LogP contribution in [-0.4, -0.2) is 74.8 Å². The number of nitrogens with one attached hydrogen (secondary N) is 2. The van der Waals surface area contributed by atoms with Gasteiger partial charge in [-0.1, -0.05) is 17.7 Å². The predicted molar refractivity (Wildman–Crippen MR) is 156 cm³/mol. The van der Waals surface area contributed by atoms with E-state index in [1.165, 1.54) is 10.4 Å². The number of likely N-dealkylation sites (N-methyl/N-ethyl adjacent to an activating group) is 1. The van der Waals surface area contributed by atoms with Crippen molar-refractivity contribution in [1.82, 2.24) is 14.8 Å². The fourth-order valence-corrected chi connectivity index (χ4v) is 7.55. The Balaban J connectivity index is 1.35. The van der Waals surface area contributed by atoms with Gasteiger partial charge in [0.15, 0.2) is 0 Å². The molecule has 2 N–H and O–H groups in total. The van der Waals surface area contributed by atoms with Gasteiger partial charge in [-0.15, -0.1) is 0 Å². The molecule has 0 saturated carbocycles. The molecule has 11 heteroatoms. The van der Waals surface area contributed by atoms with Crippen LogP contribution in [0.3, 0.4) is 0 Å². The lowest BCUT2D eigenvalue weighted by molar-refractivity contribution is -0.110. The van der Waals surface area contributed by atoms with Gasteiger partial charge in [0.25, 0.3) is 21.8 Å². The largest absolute Gasteiger partial charge is 0.358 e. The molecule has 3 aliphatic heterocycles. The maximum atomic E-state index is 13.7. The van der Waals surface area contributed by atoms with Crippen molar-refractivity contribution in [3.63, 3.8) is 0 Å². The number of amides is 2. The zero-order valence-corrected chi connectivity index (χ0v) is 24.1. The maximum absolute atomic E-state index is 13.7. The third kappa shape index (κ3) is 4.31. The van der Waals surface area contributed by atoms with E-state index in [4.69, 9.17) is 11.6 Å². The number of anilines is 2. The predicted octanol–water partition coefficient (Wildman–Crippen LogP) is 3.92.